The van der Waals surface area contributed by atoms with Gasteiger partial charge in [-0.3, -0.25) is 4.79 Å². The van der Waals surface area contributed by atoms with E-state index in [9.17, 15) is 27.6 Å². The molecule has 0 unspecified atom stereocenters. The van der Waals surface area contributed by atoms with Crippen molar-refractivity contribution < 1.29 is 37.0 Å². The third-order valence-corrected chi connectivity index (χ3v) is 4.14. The van der Waals surface area contributed by atoms with Crippen LogP contribution in [0.5, 0.6) is 0 Å². The van der Waals surface area contributed by atoms with E-state index < -0.39 is 35.4 Å². The predicted octanol–water partition coefficient (Wildman–Crippen LogP) is 4.09. The molecule has 2 N–H and O–H groups in total. The molecule has 1 saturated heterocycles. The van der Waals surface area contributed by atoms with Crippen LogP contribution in [-0.4, -0.2) is 23.6 Å². The number of hydrogen-bond acceptors (Lipinski definition) is 6. The molecule has 0 aromatic heterocycles. The molecule has 0 radical (unpaired) electrons. The highest BCUT2D eigenvalue weighted by Gasteiger charge is 2.39. The SMILES string of the molecule is CC1(C)OC(=O)C(=CNc2ccccc2NC(=O)c2ccc(C(F)(F)F)cc2)C(=O)O1. The van der Waals surface area contributed by atoms with E-state index in [0.717, 1.165) is 30.5 Å². The van der Waals surface area contributed by atoms with Crippen LogP contribution in [0.15, 0.2) is 60.3 Å². The van der Waals surface area contributed by atoms with Gasteiger partial charge in [-0.25, -0.2) is 9.59 Å². The minimum absolute atomic E-state index is 0.0165. The summed E-state index contributed by atoms with van der Waals surface area (Å²) in [5.41, 5.74) is -0.638. The van der Waals surface area contributed by atoms with E-state index in [2.05, 4.69) is 10.6 Å². The van der Waals surface area contributed by atoms with E-state index >= 15 is 0 Å². The lowest BCUT2D eigenvalue weighted by Gasteiger charge is -2.29. The summed E-state index contributed by atoms with van der Waals surface area (Å²) in [6, 6.07) is 10.1. The molecule has 1 aliphatic heterocycles. The maximum Gasteiger partial charge on any atom is 0.416 e. The Hall–Kier alpha value is -3.82. The number of anilines is 2. The van der Waals surface area contributed by atoms with Crippen molar-refractivity contribution >= 4 is 29.2 Å². The molecule has 1 heterocycles. The van der Waals surface area contributed by atoms with Crippen molar-refractivity contribution in [3.8, 4) is 0 Å². The van der Waals surface area contributed by atoms with E-state index in [4.69, 9.17) is 9.47 Å². The number of hydrogen-bond donors (Lipinski definition) is 2. The minimum Gasteiger partial charge on any atom is -0.419 e. The van der Waals surface area contributed by atoms with Crippen LogP contribution in [-0.2, 0) is 25.2 Å². The molecule has 1 fully saturated rings. The van der Waals surface area contributed by atoms with Gasteiger partial charge in [0.15, 0.2) is 5.57 Å². The second-order valence-corrected chi connectivity index (χ2v) is 6.96. The minimum atomic E-state index is -4.50. The number of esters is 2. The average molecular weight is 434 g/mol. The number of benzene rings is 2. The first-order chi connectivity index (χ1) is 14.5. The Morgan fingerprint density at radius 2 is 1.48 bits per heavy atom. The van der Waals surface area contributed by atoms with Crippen LogP contribution < -0.4 is 10.6 Å². The molecule has 0 spiro atoms. The summed E-state index contributed by atoms with van der Waals surface area (Å²) in [5.74, 6) is -3.77. The molecular formula is C21H17F3N2O5. The Labute approximate surface area is 174 Å². The zero-order valence-electron chi connectivity index (χ0n) is 16.4. The van der Waals surface area contributed by atoms with Gasteiger partial charge >= 0.3 is 18.1 Å². The maximum atomic E-state index is 12.7. The van der Waals surface area contributed by atoms with Crippen LogP contribution in [0.4, 0.5) is 24.5 Å². The summed E-state index contributed by atoms with van der Waals surface area (Å²) < 4.78 is 48.0. The number of halogens is 3. The highest BCUT2D eigenvalue weighted by Crippen LogP contribution is 2.29. The highest BCUT2D eigenvalue weighted by atomic mass is 19.4. The number of rotatable bonds is 4. The number of carbonyl (C=O) groups excluding carboxylic acids is 3. The van der Waals surface area contributed by atoms with Gasteiger partial charge in [-0.15, -0.1) is 0 Å². The van der Waals surface area contributed by atoms with Crippen molar-refractivity contribution in [2.45, 2.75) is 25.8 Å². The highest BCUT2D eigenvalue weighted by molar-refractivity contribution is 6.15. The van der Waals surface area contributed by atoms with E-state index in [-0.39, 0.29) is 16.8 Å². The van der Waals surface area contributed by atoms with E-state index in [1.807, 2.05) is 0 Å². The van der Waals surface area contributed by atoms with E-state index in [0.29, 0.717) is 5.69 Å². The third kappa shape index (κ3) is 5.21. The summed E-state index contributed by atoms with van der Waals surface area (Å²) in [7, 11) is 0. The lowest BCUT2D eigenvalue weighted by molar-refractivity contribution is -0.222. The fourth-order valence-corrected chi connectivity index (χ4v) is 2.65. The van der Waals surface area contributed by atoms with Gasteiger partial charge in [-0.1, -0.05) is 12.1 Å². The van der Waals surface area contributed by atoms with E-state index in [1.54, 1.807) is 18.2 Å². The number of nitrogens with one attached hydrogen (secondary N) is 2. The lowest BCUT2D eigenvalue weighted by Crippen LogP contribution is -2.42. The Morgan fingerprint density at radius 1 is 0.935 bits per heavy atom. The first-order valence-electron chi connectivity index (χ1n) is 8.97. The van der Waals surface area contributed by atoms with Crippen LogP contribution in [0.2, 0.25) is 0 Å². The number of para-hydroxylation sites is 2. The third-order valence-electron chi connectivity index (χ3n) is 4.14. The van der Waals surface area contributed by atoms with Crippen molar-refractivity contribution in [1.82, 2.24) is 0 Å². The Morgan fingerprint density at radius 3 is 2.03 bits per heavy atom. The molecule has 10 heteroatoms. The van der Waals surface area contributed by atoms with Gasteiger partial charge in [-0.05, 0) is 36.4 Å². The first-order valence-corrected chi connectivity index (χ1v) is 8.97. The summed E-state index contributed by atoms with van der Waals surface area (Å²) >= 11 is 0. The molecule has 1 aliphatic rings. The molecule has 1 amide bonds. The maximum absolute atomic E-state index is 12.7. The molecule has 2 aromatic carbocycles. The van der Waals surface area contributed by atoms with Crippen LogP contribution in [0, 0.1) is 0 Å². The first kappa shape index (κ1) is 21.9. The summed E-state index contributed by atoms with van der Waals surface area (Å²) in [4.78, 5) is 36.4. The molecule has 162 valence electrons. The van der Waals surface area contributed by atoms with Gasteiger partial charge in [0.05, 0.1) is 16.9 Å². The normalized spacial score (nSPS) is 15.6. The van der Waals surface area contributed by atoms with Gasteiger partial charge in [0.1, 0.15) is 0 Å². The fourth-order valence-electron chi connectivity index (χ4n) is 2.65. The number of amides is 1. The summed E-state index contributed by atoms with van der Waals surface area (Å²) in [5, 5.41) is 5.29. The lowest BCUT2D eigenvalue weighted by atomic mass is 10.1. The van der Waals surface area contributed by atoms with Crippen molar-refractivity contribution in [3.05, 3.63) is 71.4 Å². The molecule has 0 atom stereocenters. The van der Waals surface area contributed by atoms with Crippen LogP contribution in [0.3, 0.4) is 0 Å². The zero-order valence-corrected chi connectivity index (χ0v) is 16.4. The van der Waals surface area contributed by atoms with Crippen LogP contribution in [0.1, 0.15) is 29.8 Å². The average Bonchev–Trinajstić information content (AvgIpc) is 2.67. The predicted molar refractivity (Wildman–Crippen MR) is 104 cm³/mol. The Kier molecular flexibility index (Phi) is 5.74. The second-order valence-electron chi connectivity index (χ2n) is 6.96. The Balaban J connectivity index is 1.76. The number of ether oxygens (including phenoxy) is 2. The number of alkyl halides is 3. The summed E-state index contributed by atoms with van der Waals surface area (Å²) in [6.07, 6.45) is -3.42. The fraction of sp³-hybridized carbons (Fsp3) is 0.190. The molecule has 3 rings (SSSR count). The van der Waals surface area contributed by atoms with Gasteiger partial charge in [0.2, 0.25) is 0 Å². The number of carbonyl (C=O) groups is 3. The molecule has 31 heavy (non-hydrogen) atoms. The second kappa shape index (κ2) is 8.13. The van der Waals surface area contributed by atoms with E-state index in [1.165, 1.54) is 19.9 Å². The quantitative estimate of drug-likeness (QED) is 0.428. The van der Waals surface area contributed by atoms with Gasteiger partial charge in [-0.2, -0.15) is 13.2 Å². The number of cyclic esters (lactones) is 2. The molecular weight excluding hydrogens is 417 g/mol. The largest absolute Gasteiger partial charge is 0.419 e. The monoisotopic (exact) mass is 434 g/mol. The molecule has 0 aliphatic carbocycles. The molecule has 0 saturated carbocycles. The summed E-state index contributed by atoms with van der Waals surface area (Å²) in [6.45, 7) is 2.83. The van der Waals surface area contributed by atoms with Crippen molar-refractivity contribution in [3.63, 3.8) is 0 Å². The van der Waals surface area contributed by atoms with Crippen molar-refractivity contribution in [2.24, 2.45) is 0 Å². The van der Waals surface area contributed by atoms with Crippen LogP contribution in [0.25, 0.3) is 0 Å². The van der Waals surface area contributed by atoms with Gasteiger partial charge in [0, 0.05) is 25.6 Å². The molecule has 7 nitrogen and oxygen atoms in total. The van der Waals surface area contributed by atoms with Crippen molar-refractivity contribution in [2.75, 3.05) is 10.6 Å². The smallest absolute Gasteiger partial charge is 0.416 e. The topological polar surface area (TPSA) is 93.7 Å². The van der Waals surface area contributed by atoms with Crippen molar-refractivity contribution in [1.29, 1.82) is 0 Å². The van der Waals surface area contributed by atoms with Gasteiger partial charge < -0.3 is 20.1 Å². The Bertz CT molecular complexity index is 1040. The van der Waals surface area contributed by atoms with Gasteiger partial charge in [0.25, 0.3) is 11.7 Å². The standard InChI is InChI=1S/C21H17F3N2O5/c1-20(2)30-18(28)14(19(29)31-20)11-25-15-5-3-4-6-16(15)26-17(27)12-7-9-13(10-8-12)21(22,23)24/h3-11,25H,1-2H3,(H,26,27). The zero-order chi connectivity index (χ0) is 22.8. The molecule has 0 bridgehead atoms. The molecule has 2 aromatic rings. The van der Waals surface area contributed by atoms with Crippen LogP contribution >= 0.6 is 0 Å².